The van der Waals surface area contributed by atoms with Gasteiger partial charge in [0.25, 0.3) is 11.1 Å². The number of nitrogens with one attached hydrogen (secondary N) is 2. The maximum Gasteiger partial charge on any atom is 0.272 e. The number of benzene rings is 2. The summed E-state index contributed by atoms with van der Waals surface area (Å²) in [7, 11) is 0. The predicted octanol–water partition coefficient (Wildman–Crippen LogP) is 1.58. The highest BCUT2D eigenvalue weighted by Crippen LogP contribution is 2.10. The molecule has 1 heterocycles. The lowest BCUT2D eigenvalue weighted by molar-refractivity contribution is 1.00. The number of hydrogen-bond donors (Lipinski definition) is 2. The fraction of sp³-hybridized carbons (Fsp3) is 0.100. The summed E-state index contributed by atoms with van der Waals surface area (Å²) in [4.78, 5) is 29.8. The third-order valence-electron chi connectivity index (χ3n) is 3.70. The summed E-state index contributed by atoms with van der Waals surface area (Å²) >= 11 is 1.76. The van der Waals surface area contributed by atoms with Crippen molar-refractivity contribution in [2.24, 2.45) is 0 Å². The SMILES string of the molecule is CSCc1ccc(/C=c2\[nH]c(=O)/c(=C/c3ccccc3)[nH]c2=O)cc1. The van der Waals surface area contributed by atoms with E-state index in [4.69, 9.17) is 0 Å². The summed E-state index contributed by atoms with van der Waals surface area (Å²) < 4.78 is 0. The molecule has 0 aliphatic rings. The van der Waals surface area contributed by atoms with Gasteiger partial charge in [0.2, 0.25) is 0 Å². The van der Waals surface area contributed by atoms with E-state index >= 15 is 0 Å². The minimum Gasteiger partial charge on any atom is -0.316 e. The Kier molecular flexibility index (Phi) is 5.36. The molecule has 0 aliphatic carbocycles. The van der Waals surface area contributed by atoms with Crippen molar-refractivity contribution >= 4 is 23.9 Å². The van der Waals surface area contributed by atoms with Crippen LogP contribution in [0.3, 0.4) is 0 Å². The fourth-order valence-electron chi connectivity index (χ4n) is 2.46. The van der Waals surface area contributed by atoms with Gasteiger partial charge in [-0.2, -0.15) is 11.8 Å². The summed E-state index contributed by atoms with van der Waals surface area (Å²) in [6.45, 7) is 0. The normalized spacial score (nSPS) is 12.5. The lowest BCUT2D eigenvalue weighted by Gasteiger charge is -1.99. The van der Waals surface area contributed by atoms with Crippen LogP contribution in [-0.4, -0.2) is 16.2 Å². The summed E-state index contributed by atoms with van der Waals surface area (Å²) in [6, 6.07) is 17.3. The van der Waals surface area contributed by atoms with Crippen LogP contribution in [0.4, 0.5) is 0 Å². The molecule has 0 saturated carbocycles. The first-order chi connectivity index (χ1) is 12.2. The first-order valence-electron chi connectivity index (χ1n) is 7.85. The summed E-state index contributed by atoms with van der Waals surface area (Å²) in [6.07, 6.45) is 5.38. The Morgan fingerprint density at radius 3 is 1.84 bits per heavy atom. The predicted molar refractivity (Wildman–Crippen MR) is 104 cm³/mol. The molecule has 3 rings (SSSR count). The molecule has 5 heteroatoms. The highest BCUT2D eigenvalue weighted by Gasteiger charge is 1.97. The minimum atomic E-state index is -0.325. The third kappa shape index (κ3) is 4.39. The Morgan fingerprint density at radius 1 is 0.800 bits per heavy atom. The van der Waals surface area contributed by atoms with Gasteiger partial charge < -0.3 is 9.97 Å². The second-order valence-electron chi connectivity index (χ2n) is 5.61. The van der Waals surface area contributed by atoms with Crippen molar-refractivity contribution in [1.82, 2.24) is 9.97 Å². The highest BCUT2D eigenvalue weighted by molar-refractivity contribution is 7.97. The van der Waals surface area contributed by atoms with Crippen molar-refractivity contribution in [3.63, 3.8) is 0 Å². The van der Waals surface area contributed by atoms with Gasteiger partial charge in [-0.15, -0.1) is 0 Å². The van der Waals surface area contributed by atoms with E-state index in [0.29, 0.717) is 0 Å². The van der Waals surface area contributed by atoms with E-state index in [9.17, 15) is 9.59 Å². The molecule has 0 saturated heterocycles. The van der Waals surface area contributed by atoms with E-state index < -0.39 is 0 Å². The van der Waals surface area contributed by atoms with Crippen molar-refractivity contribution in [2.45, 2.75) is 5.75 Å². The number of hydrogen-bond acceptors (Lipinski definition) is 3. The van der Waals surface area contributed by atoms with Crippen LogP contribution < -0.4 is 21.8 Å². The zero-order valence-electron chi connectivity index (χ0n) is 13.8. The molecule has 25 heavy (non-hydrogen) atoms. The van der Waals surface area contributed by atoms with Gasteiger partial charge in [-0.25, -0.2) is 0 Å². The van der Waals surface area contributed by atoms with Crippen LogP contribution in [0, 0.1) is 0 Å². The van der Waals surface area contributed by atoms with Crippen molar-refractivity contribution < 1.29 is 0 Å². The van der Waals surface area contributed by atoms with Gasteiger partial charge in [0.1, 0.15) is 10.7 Å². The lowest BCUT2D eigenvalue weighted by Crippen LogP contribution is -2.46. The molecule has 0 bridgehead atoms. The molecule has 2 N–H and O–H groups in total. The first kappa shape index (κ1) is 17.0. The molecule has 4 nitrogen and oxygen atoms in total. The zero-order chi connectivity index (χ0) is 17.6. The molecular formula is C20H18N2O2S. The Hall–Kier alpha value is -2.79. The molecule has 0 fully saturated rings. The van der Waals surface area contributed by atoms with Crippen molar-refractivity contribution in [3.05, 3.63) is 103 Å². The summed E-state index contributed by atoms with van der Waals surface area (Å²) in [5, 5.41) is 0.483. The van der Waals surface area contributed by atoms with Gasteiger partial charge in [0, 0.05) is 5.75 Å². The Bertz CT molecular complexity index is 1080. The van der Waals surface area contributed by atoms with Crippen LogP contribution in [0.15, 0.2) is 64.2 Å². The molecule has 1 aromatic heterocycles. The van der Waals surface area contributed by atoms with Crippen molar-refractivity contribution in [2.75, 3.05) is 6.26 Å². The molecule has 2 aromatic carbocycles. The second kappa shape index (κ2) is 7.85. The Morgan fingerprint density at radius 2 is 1.32 bits per heavy atom. The molecule has 0 atom stereocenters. The van der Waals surface area contributed by atoms with Gasteiger partial charge in [-0.3, -0.25) is 9.59 Å². The standard InChI is InChI=1S/C20H18N2O2S/c1-25-13-16-9-7-15(8-10-16)12-18-20(24)21-17(19(23)22-18)11-14-5-3-2-4-6-14/h2-12H,13H2,1H3,(H,21,24)(H,22,23)/b17-11-,18-12-. The number of aromatic nitrogens is 2. The molecule has 0 spiro atoms. The van der Waals surface area contributed by atoms with E-state index in [1.807, 2.05) is 54.6 Å². The molecule has 126 valence electrons. The van der Waals surface area contributed by atoms with Gasteiger partial charge >= 0.3 is 0 Å². The molecule has 0 radical (unpaired) electrons. The van der Waals surface area contributed by atoms with E-state index in [1.165, 1.54) is 5.56 Å². The van der Waals surface area contributed by atoms with E-state index in [1.54, 1.807) is 23.9 Å². The average Bonchev–Trinajstić information content (AvgIpc) is 2.62. The number of thioether (sulfide) groups is 1. The largest absolute Gasteiger partial charge is 0.316 e. The smallest absolute Gasteiger partial charge is 0.272 e. The molecule has 0 aliphatic heterocycles. The highest BCUT2D eigenvalue weighted by atomic mass is 32.2. The quantitative estimate of drug-likeness (QED) is 0.751. The van der Waals surface area contributed by atoms with Crippen LogP contribution in [-0.2, 0) is 5.75 Å². The van der Waals surface area contributed by atoms with Gasteiger partial charge in [0.05, 0.1) is 0 Å². The Labute approximate surface area is 149 Å². The number of aromatic amines is 2. The fourth-order valence-corrected chi connectivity index (χ4v) is 2.98. The molecule has 0 unspecified atom stereocenters. The summed E-state index contributed by atoms with van der Waals surface area (Å²) in [5.74, 6) is 0.946. The maximum atomic E-state index is 12.3. The Balaban J connectivity index is 2.02. The van der Waals surface area contributed by atoms with Crippen LogP contribution in [0.25, 0.3) is 12.2 Å². The maximum absolute atomic E-state index is 12.3. The minimum absolute atomic E-state index is 0.240. The molecule has 0 amide bonds. The van der Waals surface area contributed by atoms with E-state index in [2.05, 4.69) is 16.2 Å². The van der Waals surface area contributed by atoms with Crippen LogP contribution in [0.2, 0.25) is 0 Å². The second-order valence-corrected chi connectivity index (χ2v) is 6.48. The number of rotatable bonds is 4. The van der Waals surface area contributed by atoms with Crippen molar-refractivity contribution in [1.29, 1.82) is 0 Å². The molecular weight excluding hydrogens is 332 g/mol. The van der Waals surface area contributed by atoms with Gasteiger partial charge in [0.15, 0.2) is 0 Å². The van der Waals surface area contributed by atoms with E-state index in [-0.39, 0.29) is 21.8 Å². The topological polar surface area (TPSA) is 65.7 Å². The van der Waals surface area contributed by atoms with Crippen molar-refractivity contribution in [3.8, 4) is 0 Å². The van der Waals surface area contributed by atoms with Gasteiger partial charge in [-0.05, 0) is 35.1 Å². The number of H-pyrrole nitrogens is 2. The monoisotopic (exact) mass is 350 g/mol. The van der Waals surface area contributed by atoms with Crippen LogP contribution in [0.5, 0.6) is 0 Å². The zero-order valence-corrected chi connectivity index (χ0v) is 14.6. The lowest BCUT2D eigenvalue weighted by atomic mass is 10.1. The van der Waals surface area contributed by atoms with Crippen LogP contribution >= 0.6 is 11.8 Å². The first-order valence-corrected chi connectivity index (χ1v) is 9.24. The van der Waals surface area contributed by atoms with E-state index in [0.717, 1.165) is 16.9 Å². The van der Waals surface area contributed by atoms with Gasteiger partial charge in [-0.1, -0.05) is 54.6 Å². The average molecular weight is 350 g/mol. The van der Waals surface area contributed by atoms with Crippen LogP contribution in [0.1, 0.15) is 16.7 Å². The summed E-state index contributed by atoms with van der Waals surface area (Å²) in [5.41, 5.74) is 2.29. The third-order valence-corrected chi connectivity index (χ3v) is 4.32. The molecule has 3 aromatic rings.